The summed E-state index contributed by atoms with van der Waals surface area (Å²) < 4.78 is 43.4. The summed E-state index contributed by atoms with van der Waals surface area (Å²) in [6.07, 6.45) is 2.12. The van der Waals surface area contributed by atoms with E-state index in [1.165, 1.54) is 29.5 Å². The van der Waals surface area contributed by atoms with Gasteiger partial charge in [0.1, 0.15) is 35.1 Å². The van der Waals surface area contributed by atoms with Gasteiger partial charge in [0, 0.05) is 17.0 Å². The van der Waals surface area contributed by atoms with Gasteiger partial charge in [-0.2, -0.15) is 0 Å². The average molecular weight is 428 g/mol. The van der Waals surface area contributed by atoms with Crippen molar-refractivity contribution in [2.75, 3.05) is 13.2 Å². The second kappa shape index (κ2) is 6.68. The first-order valence-corrected chi connectivity index (χ1v) is 10.8. The first-order chi connectivity index (χ1) is 14.6. The molecule has 0 amide bonds. The van der Waals surface area contributed by atoms with Crippen LogP contribution in [0.5, 0.6) is 5.06 Å². The highest BCUT2D eigenvalue weighted by atomic mass is 32.1. The Morgan fingerprint density at radius 1 is 1.07 bits per heavy atom. The van der Waals surface area contributed by atoms with Crippen LogP contribution in [0.4, 0.5) is 8.78 Å². The van der Waals surface area contributed by atoms with Crippen molar-refractivity contribution in [3.05, 3.63) is 58.2 Å². The normalized spacial score (nSPS) is 20.4. The lowest BCUT2D eigenvalue weighted by molar-refractivity contribution is 0.107. The summed E-state index contributed by atoms with van der Waals surface area (Å²) in [5.74, 6) is 0.588. The van der Waals surface area contributed by atoms with E-state index >= 15 is 0 Å². The van der Waals surface area contributed by atoms with Crippen LogP contribution >= 0.6 is 11.3 Å². The molecule has 0 radical (unpaired) electrons. The van der Waals surface area contributed by atoms with Gasteiger partial charge in [-0.15, -0.1) is 10.2 Å². The summed E-state index contributed by atoms with van der Waals surface area (Å²) in [6.45, 7) is 3.05. The summed E-state index contributed by atoms with van der Waals surface area (Å²) in [5.41, 5.74) is 1.55. The third-order valence-corrected chi connectivity index (χ3v) is 6.78. The minimum atomic E-state index is -0.651. The molecule has 1 atom stereocenters. The van der Waals surface area contributed by atoms with Gasteiger partial charge >= 0.3 is 0 Å². The van der Waals surface area contributed by atoms with E-state index in [-0.39, 0.29) is 11.3 Å². The minimum Gasteiger partial charge on any atom is -0.481 e. The highest BCUT2D eigenvalue weighted by Gasteiger charge is 2.38. The van der Waals surface area contributed by atoms with E-state index in [1.54, 1.807) is 0 Å². The van der Waals surface area contributed by atoms with Gasteiger partial charge in [0.2, 0.25) is 0 Å². The van der Waals surface area contributed by atoms with Crippen LogP contribution in [0.25, 0.3) is 5.00 Å². The summed E-state index contributed by atoms with van der Waals surface area (Å²) in [7, 11) is 0. The smallest absolute Gasteiger partial charge is 0.182 e. The molecule has 2 aromatic heterocycles. The third-order valence-electron chi connectivity index (χ3n) is 5.65. The van der Waals surface area contributed by atoms with Gasteiger partial charge in [-0.25, -0.2) is 8.78 Å². The number of benzene rings is 1. The van der Waals surface area contributed by atoms with Crippen molar-refractivity contribution in [3.8, 4) is 10.1 Å². The maximum atomic E-state index is 14.9. The first kappa shape index (κ1) is 18.1. The van der Waals surface area contributed by atoms with E-state index < -0.39 is 17.7 Å². The number of ether oxygens (including phenoxy) is 2. The molecule has 6 rings (SSSR count). The van der Waals surface area contributed by atoms with Crippen LogP contribution in [-0.4, -0.2) is 33.7 Å². The molecule has 3 aromatic rings. The van der Waals surface area contributed by atoms with E-state index in [0.717, 1.165) is 29.2 Å². The molecule has 3 aliphatic rings. The second-order valence-electron chi connectivity index (χ2n) is 7.73. The van der Waals surface area contributed by atoms with Crippen molar-refractivity contribution >= 4 is 17.0 Å². The van der Waals surface area contributed by atoms with Crippen LogP contribution in [0.1, 0.15) is 60.1 Å². The predicted molar refractivity (Wildman–Crippen MR) is 107 cm³/mol. The van der Waals surface area contributed by atoms with Gasteiger partial charge in [0.15, 0.2) is 10.9 Å². The van der Waals surface area contributed by atoms with E-state index in [1.807, 2.05) is 11.5 Å². The average Bonchev–Trinajstić information content (AvgIpc) is 3.45. The SMILES string of the molecule is C[C@@H]1N=C(c2c(F)cccc2F)c2c(sc3c2COCCO3)-n2c(C3CC3)nnc21. The Balaban J connectivity index is 1.68. The number of nitrogens with zero attached hydrogens (tertiary/aromatic N) is 4. The molecule has 0 bridgehead atoms. The quantitative estimate of drug-likeness (QED) is 0.611. The molecule has 9 heteroatoms. The number of aromatic nitrogens is 3. The number of hydrogen-bond acceptors (Lipinski definition) is 6. The molecule has 0 saturated heterocycles. The summed E-state index contributed by atoms with van der Waals surface area (Å²) in [6, 6.07) is 3.45. The number of rotatable bonds is 2. The van der Waals surface area contributed by atoms with Crippen LogP contribution in [0, 0.1) is 11.6 Å². The molecule has 6 nitrogen and oxygen atoms in total. The lowest BCUT2D eigenvalue weighted by Crippen LogP contribution is -2.13. The number of aliphatic imine (C=N–C) groups is 1. The Hall–Kier alpha value is -2.65. The molecule has 1 saturated carbocycles. The number of thiophene rings is 1. The van der Waals surface area contributed by atoms with Crippen molar-refractivity contribution in [1.29, 1.82) is 0 Å². The van der Waals surface area contributed by atoms with Gasteiger partial charge in [-0.3, -0.25) is 9.56 Å². The van der Waals surface area contributed by atoms with Crippen LogP contribution in [0.3, 0.4) is 0 Å². The fourth-order valence-corrected chi connectivity index (χ4v) is 5.27. The molecule has 154 valence electrons. The fourth-order valence-electron chi connectivity index (χ4n) is 4.07. The fraction of sp³-hybridized carbons (Fsp3) is 0.381. The monoisotopic (exact) mass is 428 g/mol. The minimum absolute atomic E-state index is 0.137. The van der Waals surface area contributed by atoms with Gasteiger partial charge < -0.3 is 9.47 Å². The predicted octanol–water partition coefficient (Wildman–Crippen LogP) is 4.31. The van der Waals surface area contributed by atoms with Crippen LogP contribution in [0.15, 0.2) is 23.2 Å². The number of hydrogen-bond donors (Lipinski definition) is 0. The zero-order valence-electron chi connectivity index (χ0n) is 16.2. The molecule has 0 unspecified atom stereocenters. The molecule has 1 aromatic carbocycles. The lowest BCUT2D eigenvalue weighted by atomic mass is 9.99. The van der Waals surface area contributed by atoms with Gasteiger partial charge in [0.05, 0.1) is 24.5 Å². The third kappa shape index (κ3) is 2.65. The molecular weight excluding hydrogens is 410 g/mol. The Bertz CT molecular complexity index is 1180. The topological polar surface area (TPSA) is 61.5 Å². The maximum Gasteiger partial charge on any atom is 0.182 e. The Labute approximate surface area is 175 Å². The zero-order chi connectivity index (χ0) is 20.4. The van der Waals surface area contributed by atoms with Crippen LogP contribution in [0.2, 0.25) is 0 Å². The van der Waals surface area contributed by atoms with Crippen molar-refractivity contribution in [3.63, 3.8) is 0 Å². The molecular formula is C21H18F2N4O2S. The van der Waals surface area contributed by atoms with Crippen molar-refractivity contribution in [2.24, 2.45) is 4.99 Å². The van der Waals surface area contributed by atoms with E-state index in [0.29, 0.717) is 42.2 Å². The number of fused-ring (bicyclic) bond motifs is 5. The molecule has 4 heterocycles. The van der Waals surface area contributed by atoms with E-state index in [4.69, 9.17) is 14.5 Å². The van der Waals surface area contributed by atoms with Gasteiger partial charge in [-0.1, -0.05) is 17.4 Å². The van der Waals surface area contributed by atoms with E-state index in [2.05, 4.69) is 10.2 Å². The largest absolute Gasteiger partial charge is 0.481 e. The van der Waals surface area contributed by atoms with Crippen LogP contribution < -0.4 is 4.74 Å². The molecule has 30 heavy (non-hydrogen) atoms. The molecule has 1 aliphatic carbocycles. The number of halogens is 2. The van der Waals surface area contributed by atoms with Crippen molar-refractivity contribution < 1.29 is 18.3 Å². The van der Waals surface area contributed by atoms with Gasteiger partial charge in [0.25, 0.3) is 0 Å². The van der Waals surface area contributed by atoms with Crippen LogP contribution in [-0.2, 0) is 11.3 Å². The Kier molecular flexibility index (Phi) is 4.04. The van der Waals surface area contributed by atoms with E-state index in [9.17, 15) is 8.78 Å². The Morgan fingerprint density at radius 2 is 1.83 bits per heavy atom. The second-order valence-corrected chi connectivity index (χ2v) is 8.69. The first-order valence-electron chi connectivity index (χ1n) is 9.97. The van der Waals surface area contributed by atoms with Crippen molar-refractivity contribution in [1.82, 2.24) is 14.8 Å². The van der Waals surface area contributed by atoms with Gasteiger partial charge in [-0.05, 0) is 31.9 Å². The summed E-state index contributed by atoms with van der Waals surface area (Å²) >= 11 is 1.44. The molecule has 1 fully saturated rings. The summed E-state index contributed by atoms with van der Waals surface area (Å²) in [4.78, 5) is 4.76. The van der Waals surface area contributed by atoms with Crippen molar-refractivity contribution in [2.45, 2.75) is 38.3 Å². The standard InChI is InChI=1S/C21H18F2N4O2S/c1-10-18-25-26-19(11-5-6-11)27(18)20-15(12-9-28-7-8-29-21(12)30-20)17(24-10)16-13(22)3-2-4-14(16)23/h2-4,10-11H,5-9H2,1H3/t10-/m0/s1. The highest BCUT2D eigenvalue weighted by Crippen LogP contribution is 2.47. The molecule has 0 N–H and O–H groups in total. The zero-order valence-corrected chi connectivity index (χ0v) is 17.0. The highest BCUT2D eigenvalue weighted by molar-refractivity contribution is 7.17. The molecule has 2 aliphatic heterocycles. The maximum absolute atomic E-state index is 14.9. The summed E-state index contributed by atoms with van der Waals surface area (Å²) in [5, 5.41) is 10.3. The lowest BCUT2D eigenvalue weighted by Gasteiger charge is -2.12. The Morgan fingerprint density at radius 3 is 2.60 bits per heavy atom. The molecule has 0 spiro atoms.